The van der Waals surface area contributed by atoms with Crippen molar-refractivity contribution in [3.63, 3.8) is 0 Å². The van der Waals surface area contributed by atoms with E-state index < -0.39 is 0 Å². The van der Waals surface area contributed by atoms with Gasteiger partial charge in [-0.15, -0.1) is 0 Å². The maximum absolute atomic E-state index is 11.2. The largest absolute Gasteiger partial charge is 0.399 e. The van der Waals surface area contributed by atoms with Crippen molar-refractivity contribution >= 4 is 17.3 Å². The molecule has 0 aromatic heterocycles. The molecule has 20 heavy (non-hydrogen) atoms. The second kappa shape index (κ2) is 10.1. The van der Waals surface area contributed by atoms with E-state index >= 15 is 0 Å². The van der Waals surface area contributed by atoms with Crippen LogP contribution in [-0.2, 0) is 4.79 Å². The molecule has 1 aliphatic heterocycles. The number of nitrogen functional groups attached to an aromatic ring is 1. The molecule has 2 N–H and O–H groups in total. The van der Waals surface area contributed by atoms with Gasteiger partial charge < -0.3 is 15.5 Å². The Hall–Kier alpha value is -1.71. The van der Waals surface area contributed by atoms with Crippen LogP contribution in [0.25, 0.3) is 0 Å². The van der Waals surface area contributed by atoms with Crippen molar-refractivity contribution in [2.75, 3.05) is 36.8 Å². The van der Waals surface area contributed by atoms with E-state index in [2.05, 4.69) is 4.90 Å². The van der Waals surface area contributed by atoms with Crippen LogP contribution >= 0.6 is 0 Å². The SMILES string of the molecule is CC.CC.CC(=O)N1CCN(c2ccc(N)cc2)CC1. The maximum Gasteiger partial charge on any atom is 0.219 e. The van der Waals surface area contributed by atoms with Crippen LogP contribution in [0.5, 0.6) is 0 Å². The van der Waals surface area contributed by atoms with E-state index in [4.69, 9.17) is 5.73 Å². The molecule has 0 unspecified atom stereocenters. The first-order valence-corrected chi connectivity index (χ1v) is 7.53. The van der Waals surface area contributed by atoms with Crippen molar-refractivity contribution in [3.05, 3.63) is 24.3 Å². The molecule has 0 radical (unpaired) electrons. The summed E-state index contributed by atoms with van der Waals surface area (Å²) in [5.41, 5.74) is 7.61. The van der Waals surface area contributed by atoms with Gasteiger partial charge in [0.05, 0.1) is 0 Å². The maximum atomic E-state index is 11.2. The molecule has 4 heteroatoms. The fourth-order valence-electron chi connectivity index (χ4n) is 1.96. The number of carbonyl (C=O) groups excluding carboxylic acids is 1. The zero-order chi connectivity index (χ0) is 15.5. The Morgan fingerprint density at radius 3 is 1.80 bits per heavy atom. The van der Waals surface area contributed by atoms with Crippen molar-refractivity contribution in [1.29, 1.82) is 0 Å². The van der Waals surface area contributed by atoms with Gasteiger partial charge in [-0.25, -0.2) is 0 Å². The fraction of sp³-hybridized carbons (Fsp3) is 0.562. The highest BCUT2D eigenvalue weighted by molar-refractivity contribution is 5.73. The summed E-state index contributed by atoms with van der Waals surface area (Å²) in [6.07, 6.45) is 0. The fourth-order valence-corrected chi connectivity index (χ4v) is 1.96. The summed E-state index contributed by atoms with van der Waals surface area (Å²) in [5.74, 6) is 0.164. The lowest BCUT2D eigenvalue weighted by Gasteiger charge is -2.35. The first-order chi connectivity index (χ1) is 9.66. The van der Waals surface area contributed by atoms with Gasteiger partial charge in [0.2, 0.25) is 5.91 Å². The lowest BCUT2D eigenvalue weighted by molar-refractivity contribution is -0.129. The van der Waals surface area contributed by atoms with Crippen molar-refractivity contribution in [2.45, 2.75) is 34.6 Å². The molecule has 1 aliphatic rings. The predicted octanol–water partition coefficient (Wildman–Crippen LogP) is 2.99. The molecule has 1 saturated heterocycles. The van der Waals surface area contributed by atoms with Crippen molar-refractivity contribution < 1.29 is 4.79 Å². The molecule has 0 atom stereocenters. The molecule has 1 heterocycles. The number of nitrogens with zero attached hydrogens (tertiary/aromatic N) is 2. The van der Waals surface area contributed by atoms with E-state index in [0.29, 0.717) is 0 Å². The second-order valence-corrected chi connectivity index (χ2v) is 4.08. The van der Waals surface area contributed by atoms with Crippen molar-refractivity contribution in [1.82, 2.24) is 4.90 Å². The van der Waals surface area contributed by atoms with E-state index in [9.17, 15) is 4.79 Å². The number of nitrogens with two attached hydrogens (primary N) is 1. The summed E-state index contributed by atoms with van der Waals surface area (Å²) >= 11 is 0. The molecule has 1 fully saturated rings. The molecular weight excluding hydrogens is 250 g/mol. The number of piperazine rings is 1. The van der Waals surface area contributed by atoms with Crippen LogP contribution in [0.15, 0.2) is 24.3 Å². The van der Waals surface area contributed by atoms with E-state index in [-0.39, 0.29) is 5.91 Å². The van der Waals surface area contributed by atoms with Gasteiger partial charge in [-0.2, -0.15) is 0 Å². The number of hydrogen-bond donors (Lipinski definition) is 1. The van der Waals surface area contributed by atoms with Crippen molar-refractivity contribution in [3.8, 4) is 0 Å². The molecule has 1 amide bonds. The Bertz CT molecular complexity index is 368. The third-order valence-electron chi connectivity index (χ3n) is 2.98. The Morgan fingerprint density at radius 1 is 0.950 bits per heavy atom. The van der Waals surface area contributed by atoms with E-state index in [0.717, 1.165) is 31.9 Å². The molecule has 1 aromatic rings. The number of rotatable bonds is 1. The highest BCUT2D eigenvalue weighted by Crippen LogP contribution is 2.17. The second-order valence-electron chi connectivity index (χ2n) is 4.08. The topological polar surface area (TPSA) is 49.6 Å². The first kappa shape index (κ1) is 18.3. The van der Waals surface area contributed by atoms with Gasteiger partial charge >= 0.3 is 0 Å². The van der Waals surface area contributed by atoms with Crippen molar-refractivity contribution in [2.24, 2.45) is 0 Å². The summed E-state index contributed by atoms with van der Waals surface area (Å²) in [7, 11) is 0. The Kier molecular flexibility index (Phi) is 9.26. The van der Waals surface area contributed by atoms with Gasteiger partial charge in [0.25, 0.3) is 0 Å². The molecule has 4 nitrogen and oxygen atoms in total. The third kappa shape index (κ3) is 5.51. The molecule has 0 spiro atoms. The Morgan fingerprint density at radius 2 is 1.40 bits per heavy atom. The van der Waals surface area contributed by atoms with Crippen LogP contribution in [0, 0.1) is 0 Å². The van der Waals surface area contributed by atoms with Crippen LogP contribution in [0.1, 0.15) is 34.6 Å². The summed E-state index contributed by atoms with van der Waals surface area (Å²) in [5, 5.41) is 0. The van der Waals surface area contributed by atoms with E-state index in [1.54, 1.807) is 6.92 Å². The monoisotopic (exact) mass is 279 g/mol. The van der Waals surface area contributed by atoms with Gasteiger partial charge in [0.15, 0.2) is 0 Å². The summed E-state index contributed by atoms with van der Waals surface area (Å²) in [6.45, 7) is 13.0. The number of benzene rings is 1. The number of anilines is 2. The first-order valence-electron chi connectivity index (χ1n) is 7.53. The van der Waals surface area contributed by atoms with Gasteiger partial charge in [0, 0.05) is 44.5 Å². The van der Waals surface area contributed by atoms with E-state index in [1.165, 1.54) is 5.69 Å². The Balaban J connectivity index is 0.000000829. The minimum atomic E-state index is 0.164. The highest BCUT2D eigenvalue weighted by Gasteiger charge is 2.18. The van der Waals surface area contributed by atoms with E-state index in [1.807, 2.05) is 56.9 Å². The number of hydrogen-bond acceptors (Lipinski definition) is 3. The predicted molar refractivity (Wildman–Crippen MR) is 88.0 cm³/mol. The third-order valence-corrected chi connectivity index (χ3v) is 2.98. The molecule has 2 rings (SSSR count). The van der Waals surface area contributed by atoms with Crippen LogP contribution in [0.2, 0.25) is 0 Å². The number of amides is 1. The van der Waals surface area contributed by atoms with Crippen LogP contribution in [0.4, 0.5) is 11.4 Å². The Labute approximate surface area is 123 Å². The molecule has 0 aliphatic carbocycles. The van der Waals surface area contributed by atoms with Gasteiger partial charge in [0.1, 0.15) is 0 Å². The lowest BCUT2D eigenvalue weighted by Crippen LogP contribution is -2.48. The minimum Gasteiger partial charge on any atom is -0.399 e. The average Bonchev–Trinajstić information content (AvgIpc) is 2.52. The number of carbonyl (C=O) groups is 1. The molecule has 0 bridgehead atoms. The minimum absolute atomic E-state index is 0.164. The zero-order valence-corrected chi connectivity index (χ0v) is 13.5. The van der Waals surface area contributed by atoms with Gasteiger partial charge in [-0.1, -0.05) is 27.7 Å². The zero-order valence-electron chi connectivity index (χ0n) is 13.5. The quantitative estimate of drug-likeness (QED) is 0.804. The lowest BCUT2D eigenvalue weighted by atomic mass is 10.2. The van der Waals surface area contributed by atoms with Crippen LogP contribution in [0.3, 0.4) is 0 Å². The molecule has 114 valence electrons. The van der Waals surface area contributed by atoms with Gasteiger partial charge in [-0.3, -0.25) is 4.79 Å². The van der Waals surface area contributed by atoms with Gasteiger partial charge in [-0.05, 0) is 24.3 Å². The standard InChI is InChI=1S/C12H17N3O.2C2H6/c1-10(16)14-6-8-15(9-7-14)12-4-2-11(13)3-5-12;2*1-2/h2-5H,6-9,13H2,1H3;2*1-2H3. The van der Waals surface area contributed by atoms with Crippen LogP contribution in [-0.4, -0.2) is 37.0 Å². The summed E-state index contributed by atoms with van der Waals surface area (Å²) in [4.78, 5) is 15.3. The molecule has 0 saturated carbocycles. The molecular formula is C16H29N3O. The average molecular weight is 279 g/mol. The summed E-state index contributed by atoms with van der Waals surface area (Å²) in [6, 6.07) is 7.87. The highest BCUT2D eigenvalue weighted by atomic mass is 16.2. The summed E-state index contributed by atoms with van der Waals surface area (Å²) < 4.78 is 0. The smallest absolute Gasteiger partial charge is 0.219 e. The molecule has 1 aromatic carbocycles. The van der Waals surface area contributed by atoms with Crippen LogP contribution < -0.4 is 10.6 Å². The normalized spacial score (nSPS) is 13.7.